The first-order chi connectivity index (χ1) is 11.2. The van der Waals surface area contributed by atoms with Crippen molar-refractivity contribution < 1.29 is 18.0 Å². The fraction of sp³-hybridized carbons (Fsp3) is 0.467. The van der Waals surface area contributed by atoms with Gasteiger partial charge in [0.15, 0.2) is 0 Å². The number of benzene rings is 1. The van der Waals surface area contributed by atoms with Crippen molar-refractivity contribution in [2.75, 3.05) is 26.2 Å². The van der Waals surface area contributed by atoms with E-state index < -0.39 is 15.9 Å². The first kappa shape index (κ1) is 20.4. The first-order valence-electron chi connectivity index (χ1n) is 7.56. The van der Waals surface area contributed by atoms with Gasteiger partial charge in [-0.2, -0.15) is 4.31 Å². The molecule has 0 saturated heterocycles. The van der Waals surface area contributed by atoms with Crippen LogP contribution in [0.5, 0.6) is 0 Å². The van der Waals surface area contributed by atoms with Crippen LogP contribution in [0.2, 0.25) is 5.02 Å². The van der Waals surface area contributed by atoms with E-state index in [1.165, 1.54) is 29.4 Å². The Hall–Kier alpha value is -1.64. The van der Waals surface area contributed by atoms with Crippen LogP contribution < -0.4 is 10.6 Å². The summed E-state index contributed by atoms with van der Waals surface area (Å²) in [6, 6.07) is 4.11. The number of rotatable bonds is 8. The zero-order valence-corrected chi connectivity index (χ0v) is 15.5. The molecule has 24 heavy (non-hydrogen) atoms. The largest absolute Gasteiger partial charge is 0.355 e. The summed E-state index contributed by atoms with van der Waals surface area (Å²) >= 11 is 6.02. The molecule has 0 saturated carbocycles. The Labute approximate surface area is 147 Å². The third kappa shape index (κ3) is 5.19. The predicted molar refractivity (Wildman–Crippen MR) is 92.6 cm³/mol. The lowest BCUT2D eigenvalue weighted by Crippen LogP contribution is -2.34. The molecule has 1 aromatic carbocycles. The summed E-state index contributed by atoms with van der Waals surface area (Å²) in [6.07, 6.45) is 0. The molecule has 0 atom stereocenters. The van der Waals surface area contributed by atoms with Gasteiger partial charge in [0.25, 0.3) is 5.91 Å². The van der Waals surface area contributed by atoms with Crippen LogP contribution in [0.4, 0.5) is 0 Å². The van der Waals surface area contributed by atoms with E-state index in [2.05, 4.69) is 10.6 Å². The molecular formula is C15H22ClN3O4S. The van der Waals surface area contributed by atoms with Gasteiger partial charge >= 0.3 is 0 Å². The second-order valence-electron chi connectivity index (χ2n) is 4.97. The number of sulfonamides is 1. The van der Waals surface area contributed by atoms with E-state index in [0.29, 0.717) is 19.6 Å². The molecular weight excluding hydrogens is 354 g/mol. The molecule has 0 aliphatic heterocycles. The van der Waals surface area contributed by atoms with E-state index in [4.69, 9.17) is 11.6 Å². The van der Waals surface area contributed by atoms with Gasteiger partial charge in [-0.3, -0.25) is 9.59 Å². The topological polar surface area (TPSA) is 95.6 Å². The van der Waals surface area contributed by atoms with Crippen LogP contribution in [0.25, 0.3) is 0 Å². The van der Waals surface area contributed by atoms with E-state index in [1.54, 1.807) is 13.8 Å². The van der Waals surface area contributed by atoms with E-state index >= 15 is 0 Å². The average molecular weight is 376 g/mol. The van der Waals surface area contributed by atoms with Gasteiger partial charge in [0.1, 0.15) is 4.90 Å². The number of hydrogen-bond acceptors (Lipinski definition) is 4. The van der Waals surface area contributed by atoms with Gasteiger partial charge in [0, 0.05) is 38.7 Å². The lowest BCUT2D eigenvalue weighted by molar-refractivity contribution is -0.118. The smallest absolute Gasteiger partial charge is 0.251 e. The maximum Gasteiger partial charge on any atom is 0.251 e. The van der Waals surface area contributed by atoms with Crippen LogP contribution in [0, 0.1) is 0 Å². The molecule has 0 bridgehead atoms. The summed E-state index contributed by atoms with van der Waals surface area (Å²) in [5.41, 5.74) is 0.188. The van der Waals surface area contributed by atoms with Gasteiger partial charge in [0.05, 0.1) is 5.02 Å². The summed E-state index contributed by atoms with van der Waals surface area (Å²) in [4.78, 5) is 22.8. The zero-order chi connectivity index (χ0) is 18.3. The van der Waals surface area contributed by atoms with Crippen molar-refractivity contribution in [3.8, 4) is 0 Å². The van der Waals surface area contributed by atoms with Crippen LogP contribution in [0.3, 0.4) is 0 Å². The van der Waals surface area contributed by atoms with Crippen LogP contribution in [-0.2, 0) is 14.8 Å². The molecule has 0 heterocycles. The van der Waals surface area contributed by atoms with Crippen molar-refractivity contribution in [3.63, 3.8) is 0 Å². The summed E-state index contributed by atoms with van der Waals surface area (Å²) in [7, 11) is -3.76. The lowest BCUT2D eigenvalue weighted by Gasteiger charge is -2.19. The summed E-state index contributed by atoms with van der Waals surface area (Å²) in [6.45, 7) is 5.98. The molecule has 2 N–H and O–H groups in total. The zero-order valence-electron chi connectivity index (χ0n) is 13.9. The van der Waals surface area contributed by atoms with Gasteiger partial charge < -0.3 is 10.6 Å². The highest BCUT2D eigenvalue weighted by atomic mass is 35.5. The quantitative estimate of drug-likeness (QED) is 0.668. The Morgan fingerprint density at radius 1 is 1.12 bits per heavy atom. The number of nitrogens with zero attached hydrogens (tertiary/aromatic N) is 1. The van der Waals surface area contributed by atoms with Crippen LogP contribution in [0.15, 0.2) is 23.1 Å². The minimum atomic E-state index is -3.76. The summed E-state index contributed by atoms with van der Waals surface area (Å²) in [5, 5.41) is 5.22. The molecule has 2 amide bonds. The number of carbonyl (C=O) groups excluding carboxylic acids is 2. The highest BCUT2D eigenvalue weighted by Gasteiger charge is 2.25. The minimum absolute atomic E-state index is 0.0664. The van der Waals surface area contributed by atoms with Crippen molar-refractivity contribution in [3.05, 3.63) is 28.8 Å². The van der Waals surface area contributed by atoms with Crippen LogP contribution in [0.1, 0.15) is 31.1 Å². The lowest BCUT2D eigenvalue weighted by atomic mass is 10.2. The molecule has 0 spiro atoms. The molecule has 0 radical (unpaired) electrons. The van der Waals surface area contributed by atoms with Gasteiger partial charge in [0.2, 0.25) is 15.9 Å². The van der Waals surface area contributed by atoms with E-state index in [9.17, 15) is 18.0 Å². The summed E-state index contributed by atoms with van der Waals surface area (Å²) in [5.74, 6) is -0.628. The Bertz CT molecular complexity index is 703. The second kappa shape index (κ2) is 9.00. The molecule has 1 aromatic rings. The van der Waals surface area contributed by atoms with Gasteiger partial charge in [-0.05, 0) is 18.2 Å². The second-order valence-corrected chi connectivity index (χ2v) is 7.29. The number of carbonyl (C=O) groups is 2. The monoisotopic (exact) mass is 375 g/mol. The van der Waals surface area contributed by atoms with E-state index in [-0.39, 0.29) is 27.9 Å². The Balaban J connectivity index is 2.97. The SMILES string of the molecule is CCN(CC)S(=O)(=O)c1cc(C(=O)NCCNC(C)=O)ccc1Cl. The Morgan fingerprint density at radius 3 is 2.25 bits per heavy atom. The van der Waals surface area contributed by atoms with E-state index in [0.717, 1.165) is 0 Å². The molecule has 0 unspecified atom stereocenters. The standard InChI is InChI=1S/C15H22ClN3O4S/c1-4-19(5-2)24(22,23)14-10-12(6-7-13(14)16)15(21)18-9-8-17-11(3)20/h6-7,10H,4-5,8-9H2,1-3H3,(H,17,20)(H,18,21). The van der Waals surface area contributed by atoms with Crippen molar-refractivity contribution in [1.29, 1.82) is 0 Å². The third-order valence-corrected chi connectivity index (χ3v) is 5.83. The third-order valence-electron chi connectivity index (χ3n) is 3.30. The van der Waals surface area contributed by atoms with E-state index in [1.807, 2.05) is 0 Å². The number of hydrogen-bond donors (Lipinski definition) is 2. The fourth-order valence-corrected chi connectivity index (χ4v) is 4.02. The maximum atomic E-state index is 12.6. The van der Waals surface area contributed by atoms with Crippen LogP contribution >= 0.6 is 11.6 Å². The van der Waals surface area contributed by atoms with Crippen molar-refractivity contribution in [2.45, 2.75) is 25.7 Å². The molecule has 0 aliphatic rings. The highest BCUT2D eigenvalue weighted by Crippen LogP contribution is 2.25. The molecule has 9 heteroatoms. The number of amides is 2. The number of nitrogens with one attached hydrogen (secondary N) is 2. The van der Waals surface area contributed by atoms with Gasteiger partial charge in [-0.25, -0.2) is 8.42 Å². The summed E-state index contributed by atoms with van der Waals surface area (Å²) < 4.78 is 26.4. The average Bonchev–Trinajstić information content (AvgIpc) is 2.52. The molecule has 134 valence electrons. The normalized spacial score (nSPS) is 11.4. The highest BCUT2D eigenvalue weighted by molar-refractivity contribution is 7.89. The number of halogens is 1. The molecule has 7 nitrogen and oxygen atoms in total. The van der Waals surface area contributed by atoms with Crippen molar-refractivity contribution >= 4 is 33.4 Å². The first-order valence-corrected chi connectivity index (χ1v) is 9.38. The van der Waals surface area contributed by atoms with Gasteiger partial charge in [-0.15, -0.1) is 0 Å². The van der Waals surface area contributed by atoms with Crippen molar-refractivity contribution in [1.82, 2.24) is 14.9 Å². The molecule has 0 aromatic heterocycles. The molecule has 0 aliphatic carbocycles. The molecule has 0 fully saturated rings. The predicted octanol–water partition coefficient (Wildman–Crippen LogP) is 1.24. The Kier molecular flexibility index (Phi) is 7.65. The fourth-order valence-electron chi connectivity index (χ4n) is 2.06. The Morgan fingerprint density at radius 2 is 1.71 bits per heavy atom. The van der Waals surface area contributed by atoms with Crippen LogP contribution in [-0.4, -0.2) is 50.7 Å². The minimum Gasteiger partial charge on any atom is -0.355 e. The molecule has 1 rings (SSSR count). The maximum absolute atomic E-state index is 12.6. The van der Waals surface area contributed by atoms with Gasteiger partial charge in [-0.1, -0.05) is 25.4 Å². The van der Waals surface area contributed by atoms with Crippen molar-refractivity contribution in [2.24, 2.45) is 0 Å².